The summed E-state index contributed by atoms with van der Waals surface area (Å²) >= 11 is 1.65. The number of nitrogens with one attached hydrogen (secondary N) is 1. The molecule has 0 saturated heterocycles. The molecule has 1 aromatic heterocycles. The normalized spacial score (nSPS) is 13.1. The average Bonchev–Trinajstić information content (AvgIpc) is 2.68. The summed E-state index contributed by atoms with van der Waals surface area (Å²) < 4.78 is 1.21. The summed E-state index contributed by atoms with van der Waals surface area (Å²) in [5.74, 6) is -0.251. The molecule has 0 fully saturated rings. The Kier molecular flexibility index (Phi) is 3.56. The second-order valence-corrected chi connectivity index (χ2v) is 4.81. The Balaban J connectivity index is 2.12. The number of carbonyl (C=O) groups excluding carboxylic acids is 1. The molecular weight excluding hydrogens is 234 g/mol. The molecule has 2 aromatic rings. The number of hydrogen-bond donors (Lipinski definition) is 2. The van der Waals surface area contributed by atoms with Crippen molar-refractivity contribution in [2.24, 2.45) is 0 Å². The lowest BCUT2D eigenvalue weighted by molar-refractivity contribution is -0.121. The maximum Gasteiger partial charge on any atom is 0.219 e. The van der Waals surface area contributed by atoms with E-state index in [0.29, 0.717) is 0 Å². The van der Waals surface area contributed by atoms with E-state index in [1.165, 1.54) is 17.0 Å². The first-order valence-electron chi connectivity index (χ1n) is 5.27. The quantitative estimate of drug-likeness (QED) is 0.818. The van der Waals surface area contributed by atoms with Crippen LogP contribution in [0.1, 0.15) is 11.8 Å². The van der Waals surface area contributed by atoms with E-state index in [-0.39, 0.29) is 5.91 Å². The van der Waals surface area contributed by atoms with Crippen LogP contribution >= 0.6 is 11.3 Å². The molecule has 1 amide bonds. The molecule has 2 rings (SSSR count). The highest BCUT2D eigenvalue weighted by atomic mass is 32.1. The molecule has 4 heteroatoms. The van der Waals surface area contributed by atoms with E-state index in [9.17, 15) is 9.90 Å². The summed E-state index contributed by atoms with van der Waals surface area (Å²) in [5.41, 5.74) is 0. The van der Waals surface area contributed by atoms with Crippen molar-refractivity contribution < 1.29 is 9.90 Å². The molecule has 0 aliphatic heterocycles. The molecule has 2 N–H and O–H groups in total. The van der Waals surface area contributed by atoms with Crippen molar-refractivity contribution in [1.29, 1.82) is 0 Å². The minimum Gasteiger partial charge on any atom is -0.370 e. The van der Waals surface area contributed by atoms with Gasteiger partial charge in [0.15, 0.2) is 0 Å². The van der Waals surface area contributed by atoms with E-state index < -0.39 is 6.23 Å². The number of amides is 1. The molecule has 88 valence electrons. The van der Waals surface area contributed by atoms with Crippen LogP contribution in [0.3, 0.4) is 0 Å². The number of aliphatic hydroxyl groups is 1. The topological polar surface area (TPSA) is 49.3 Å². The molecule has 17 heavy (non-hydrogen) atoms. The van der Waals surface area contributed by atoms with Crippen LogP contribution in [-0.2, 0) is 4.79 Å². The van der Waals surface area contributed by atoms with Crippen molar-refractivity contribution in [1.82, 2.24) is 5.32 Å². The number of carbonyl (C=O) groups is 1. The molecule has 0 aliphatic rings. The smallest absolute Gasteiger partial charge is 0.219 e. The van der Waals surface area contributed by atoms with E-state index in [1.807, 2.05) is 24.3 Å². The average molecular weight is 247 g/mol. The largest absolute Gasteiger partial charge is 0.370 e. The third kappa shape index (κ3) is 3.15. The zero-order chi connectivity index (χ0) is 12.3. The Morgan fingerprint density at radius 2 is 2.24 bits per heavy atom. The Morgan fingerprint density at radius 3 is 2.94 bits per heavy atom. The highest BCUT2D eigenvalue weighted by molar-refractivity contribution is 7.19. The number of benzene rings is 1. The number of fused-ring (bicyclic) bond motifs is 1. The molecule has 1 atom stereocenters. The Labute approximate surface area is 103 Å². The molecule has 0 bridgehead atoms. The van der Waals surface area contributed by atoms with Crippen LogP contribution in [0, 0.1) is 0 Å². The minimum atomic E-state index is -0.933. The van der Waals surface area contributed by atoms with Crippen molar-refractivity contribution in [3.8, 4) is 0 Å². The van der Waals surface area contributed by atoms with Crippen LogP contribution in [0.5, 0.6) is 0 Å². The monoisotopic (exact) mass is 247 g/mol. The summed E-state index contributed by atoms with van der Waals surface area (Å²) in [5, 5.41) is 13.0. The predicted octanol–water partition coefficient (Wildman–Crippen LogP) is 2.37. The third-order valence-corrected chi connectivity index (χ3v) is 3.32. The highest BCUT2D eigenvalue weighted by Gasteiger charge is 2.01. The van der Waals surface area contributed by atoms with E-state index in [0.717, 1.165) is 4.88 Å². The van der Waals surface area contributed by atoms with Crippen LogP contribution in [-0.4, -0.2) is 17.2 Å². The summed E-state index contributed by atoms with van der Waals surface area (Å²) in [6.07, 6.45) is 2.44. The van der Waals surface area contributed by atoms with Crippen LogP contribution < -0.4 is 5.32 Å². The molecule has 0 spiro atoms. The van der Waals surface area contributed by atoms with Crippen molar-refractivity contribution in [2.75, 3.05) is 0 Å². The summed E-state index contributed by atoms with van der Waals surface area (Å²) in [4.78, 5) is 11.8. The van der Waals surface area contributed by atoms with Crippen LogP contribution in [0.25, 0.3) is 16.2 Å². The fourth-order valence-electron chi connectivity index (χ4n) is 1.53. The Bertz CT molecular complexity index is 526. The maximum absolute atomic E-state index is 10.7. The Hall–Kier alpha value is -1.65. The van der Waals surface area contributed by atoms with Crippen LogP contribution in [0.15, 0.2) is 36.4 Å². The number of hydrogen-bond acceptors (Lipinski definition) is 3. The van der Waals surface area contributed by atoms with Gasteiger partial charge in [0.1, 0.15) is 6.23 Å². The van der Waals surface area contributed by atoms with E-state index in [2.05, 4.69) is 17.4 Å². The van der Waals surface area contributed by atoms with Gasteiger partial charge in [0.05, 0.1) is 0 Å². The van der Waals surface area contributed by atoms with Gasteiger partial charge in [0.2, 0.25) is 5.91 Å². The second kappa shape index (κ2) is 5.12. The Morgan fingerprint density at radius 1 is 1.47 bits per heavy atom. The van der Waals surface area contributed by atoms with Gasteiger partial charge in [0, 0.05) is 16.5 Å². The van der Waals surface area contributed by atoms with E-state index >= 15 is 0 Å². The van der Waals surface area contributed by atoms with Crippen LogP contribution in [0.4, 0.5) is 0 Å². The molecule has 1 unspecified atom stereocenters. The van der Waals surface area contributed by atoms with Crippen molar-refractivity contribution in [2.45, 2.75) is 13.2 Å². The standard InChI is InChI=1S/C13H13NO2S/c1-9(15)14-13(16)7-6-11-8-10-4-2-3-5-12(10)17-11/h2-8,13,16H,1H3,(H,14,15)/b7-6+. The lowest BCUT2D eigenvalue weighted by atomic mass is 10.2. The molecule has 0 saturated carbocycles. The zero-order valence-corrected chi connectivity index (χ0v) is 10.2. The first kappa shape index (κ1) is 11.8. The van der Waals surface area contributed by atoms with Gasteiger partial charge in [-0.25, -0.2) is 0 Å². The molecule has 0 aliphatic carbocycles. The summed E-state index contributed by atoms with van der Waals surface area (Å²) in [6.45, 7) is 1.37. The minimum absolute atomic E-state index is 0.251. The lowest BCUT2D eigenvalue weighted by Gasteiger charge is -2.04. The SMILES string of the molecule is CC(=O)NC(O)/C=C/c1cc2ccccc2s1. The van der Waals surface area contributed by atoms with E-state index in [4.69, 9.17) is 0 Å². The summed E-state index contributed by atoms with van der Waals surface area (Å²) in [6, 6.07) is 10.2. The number of aliphatic hydroxyl groups excluding tert-OH is 1. The van der Waals surface area contributed by atoms with E-state index in [1.54, 1.807) is 17.4 Å². The molecule has 3 nitrogen and oxygen atoms in total. The first-order valence-corrected chi connectivity index (χ1v) is 6.09. The van der Waals surface area contributed by atoms with Gasteiger partial charge in [0.25, 0.3) is 0 Å². The van der Waals surface area contributed by atoms with Crippen LogP contribution in [0.2, 0.25) is 0 Å². The first-order chi connectivity index (χ1) is 8.15. The van der Waals surface area contributed by atoms with Gasteiger partial charge < -0.3 is 10.4 Å². The highest BCUT2D eigenvalue weighted by Crippen LogP contribution is 2.26. The van der Waals surface area contributed by atoms with Gasteiger partial charge in [-0.2, -0.15) is 0 Å². The van der Waals surface area contributed by atoms with Crippen molar-refractivity contribution >= 4 is 33.4 Å². The van der Waals surface area contributed by atoms with Crippen molar-refractivity contribution in [3.63, 3.8) is 0 Å². The molecule has 1 heterocycles. The molecule has 1 aromatic carbocycles. The van der Waals surface area contributed by atoms with Gasteiger partial charge in [-0.3, -0.25) is 4.79 Å². The maximum atomic E-state index is 10.7. The van der Waals surface area contributed by atoms with Gasteiger partial charge in [-0.1, -0.05) is 18.2 Å². The summed E-state index contributed by atoms with van der Waals surface area (Å²) in [7, 11) is 0. The number of rotatable bonds is 3. The van der Waals surface area contributed by atoms with Gasteiger partial charge in [-0.15, -0.1) is 11.3 Å². The van der Waals surface area contributed by atoms with Gasteiger partial charge in [-0.05, 0) is 29.7 Å². The fourth-order valence-corrected chi connectivity index (χ4v) is 2.50. The lowest BCUT2D eigenvalue weighted by Crippen LogP contribution is -2.30. The number of thiophene rings is 1. The second-order valence-electron chi connectivity index (χ2n) is 3.69. The zero-order valence-electron chi connectivity index (χ0n) is 9.38. The fraction of sp³-hybridized carbons (Fsp3) is 0.154. The predicted molar refractivity (Wildman–Crippen MR) is 70.7 cm³/mol. The van der Waals surface area contributed by atoms with Gasteiger partial charge >= 0.3 is 0 Å². The molecular formula is C13H13NO2S. The molecule has 0 radical (unpaired) electrons. The van der Waals surface area contributed by atoms with Crippen molar-refractivity contribution in [3.05, 3.63) is 41.3 Å². The third-order valence-electron chi connectivity index (χ3n) is 2.24.